The Bertz CT molecular complexity index is 1140. The SMILES string of the molecule is CC(C)OCCCNC(=O)C(c1ccccc1)N(Cc1ccc(Cl)cc1)C(=O)COc1ccccc1Cl. The minimum atomic E-state index is -0.870. The maximum absolute atomic E-state index is 13.6. The minimum absolute atomic E-state index is 0.123. The molecule has 0 spiro atoms. The molecule has 0 saturated carbocycles. The number of nitrogens with zero attached hydrogens (tertiary/aromatic N) is 1. The fourth-order valence-corrected chi connectivity index (χ4v) is 4.02. The third-order valence-electron chi connectivity index (χ3n) is 5.52. The van der Waals surface area contributed by atoms with E-state index in [-0.39, 0.29) is 31.1 Å². The maximum Gasteiger partial charge on any atom is 0.261 e. The maximum atomic E-state index is 13.6. The van der Waals surface area contributed by atoms with Crippen molar-refractivity contribution in [2.24, 2.45) is 0 Å². The third-order valence-corrected chi connectivity index (χ3v) is 6.09. The number of benzene rings is 3. The van der Waals surface area contributed by atoms with Crippen molar-refractivity contribution < 1.29 is 19.1 Å². The van der Waals surface area contributed by atoms with Gasteiger partial charge < -0.3 is 19.7 Å². The number of nitrogens with one attached hydrogen (secondary N) is 1. The molecule has 0 aliphatic heterocycles. The predicted octanol–water partition coefficient (Wildman–Crippen LogP) is 6.07. The molecule has 1 unspecified atom stereocenters. The predicted molar refractivity (Wildman–Crippen MR) is 147 cm³/mol. The summed E-state index contributed by atoms with van der Waals surface area (Å²) in [4.78, 5) is 28.7. The molecule has 8 heteroatoms. The highest BCUT2D eigenvalue weighted by molar-refractivity contribution is 6.32. The number of para-hydroxylation sites is 1. The van der Waals surface area contributed by atoms with Gasteiger partial charge in [-0.3, -0.25) is 9.59 Å². The molecule has 0 radical (unpaired) electrons. The lowest BCUT2D eigenvalue weighted by molar-refractivity contribution is -0.143. The number of ether oxygens (including phenoxy) is 2. The van der Waals surface area contributed by atoms with Gasteiger partial charge in [0.2, 0.25) is 5.91 Å². The molecule has 0 aromatic heterocycles. The number of amides is 2. The van der Waals surface area contributed by atoms with Gasteiger partial charge in [0.25, 0.3) is 5.91 Å². The third kappa shape index (κ3) is 9.08. The Balaban J connectivity index is 1.85. The van der Waals surface area contributed by atoms with Crippen molar-refractivity contribution >= 4 is 35.0 Å². The van der Waals surface area contributed by atoms with E-state index in [4.69, 9.17) is 32.7 Å². The van der Waals surface area contributed by atoms with Crippen LogP contribution in [-0.2, 0) is 20.9 Å². The highest BCUT2D eigenvalue weighted by Crippen LogP contribution is 2.26. The first kappa shape index (κ1) is 28.5. The van der Waals surface area contributed by atoms with E-state index >= 15 is 0 Å². The first-order chi connectivity index (χ1) is 17.8. The summed E-state index contributed by atoms with van der Waals surface area (Å²) in [5.41, 5.74) is 1.52. The zero-order valence-electron chi connectivity index (χ0n) is 21.0. The lowest BCUT2D eigenvalue weighted by Gasteiger charge is -2.31. The summed E-state index contributed by atoms with van der Waals surface area (Å²) in [5, 5.41) is 3.96. The van der Waals surface area contributed by atoms with E-state index in [0.717, 1.165) is 5.56 Å². The summed E-state index contributed by atoms with van der Waals surface area (Å²) in [6, 6.07) is 22.5. The highest BCUT2D eigenvalue weighted by Gasteiger charge is 2.31. The number of carbonyl (C=O) groups excluding carboxylic acids is 2. The van der Waals surface area contributed by atoms with Gasteiger partial charge in [-0.1, -0.05) is 77.8 Å². The molecule has 2 amide bonds. The molecule has 0 bridgehead atoms. The van der Waals surface area contributed by atoms with E-state index in [0.29, 0.717) is 40.9 Å². The van der Waals surface area contributed by atoms with Crippen LogP contribution in [0.1, 0.15) is 37.4 Å². The van der Waals surface area contributed by atoms with Crippen molar-refractivity contribution in [3.63, 3.8) is 0 Å². The van der Waals surface area contributed by atoms with Crippen LogP contribution in [0.15, 0.2) is 78.9 Å². The summed E-state index contributed by atoms with van der Waals surface area (Å²) in [7, 11) is 0. The number of carbonyl (C=O) groups is 2. The molecule has 0 heterocycles. The zero-order chi connectivity index (χ0) is 26.6. The lowest BCUT2D eigenvalue weighted by atomic mass is 10.0. The molecule has 1 N–H and O–H groups in total. The standard InChI is InChI=1S/C29H32Cl2N2O4/c1-21(2)36-18-8-17-32-29(35)28(23-9-4-3-5-10-23)33(19-22-13-15-24(30)16-14-22)27(34)20-37-26-12-7-6-11-25(26)31/h3-7,9-16,21,28H,8,17-20H2,1-2H3,(H,32,35). The molecule has 37 heavy (non-hydrogen) atoms. The van der Waals surface area contributed by atoms with Gasteiger partial charge in [0.1, 0.15) is 11.8 Å². The van der Waals surface area contributed by atoms with E-state index in [1.54, 1.807) is 36.4 Å². The largest absolute Gasteiger partial charge is 0.482 e. The minimum Gasteiger partial charge on any atom is -0.482 e. The molecule has 0 aliphatic carbocycles. The molecule has 0 aliphatic rings. The molecule has 0 saturated heterocycles. The topological polar surface area (TPSA) is 67.9 Å². The van der Waals surface area contributed by atoms with Gasteiger partial charge in [0.05, 0.1) is 11.1 Å². The molecule has 3 aromatic carbocycles. The Morgan fingerprint density at radius 3 is 2.27 bits per heavy atom. The van der Waals surface area contributed by atoms with Gasteiger partial charge in [-0.25, -0.2) is 0 Å². The van der Waals surface area contributed by atoms with Crippen LogP contribution in [0, 0.1) is 0 Å². The van der Waals surface area contributed by atoms with Crippen molar-refractivity contribution in [3.05, 3.63) is 100 Å². The first-order valence-corrected chi connectivity index (χ1v) is 13.0. The molecular formula is C29H32Cl2N2O4. The van der Waals surface area contributed by atoms with E-state index < -0.39 is 6.04 Å². The van der Waals surface area contributed by atoms with Crippen molar-refractivity contribution in [2.75, 3.05) is 19.8 Å². The molecule has 3 aromatic rings. The summed E-state index contributed by atoms with van der Waals surface area (Å²) >= 11 is 12.3. The van der Waals surface area contributed by atoms with Gasteiger partial charge in [-0.2, -0.15) is 0 Å². The smallest absolute Gasteiger partial charge is 0.261 e. The van der Waals surface area contributed by atoms with Crippen LogP contribution in [0.4, 0.5) is 0 Å². The molecule has 3 rings (SSSR count). The number of halogens is 2. The van der Waals surface area contributed by atoms with Crippen LogP contribution in [-0.4, -0.2) is 42.6 Å². The Morgan fingerprint density at radius 1 is 0.919 bits per heavy atom. The van der Waals surface area contributed by atoms with Crippen molar-refractivity contribution in [1.82, 2.24) is 10.2 Å². The Hall–Kier alpha value is -3.06. The summed E-state index contributed by atoms with van der Waals surface area (Å²) < 4.78 is 11.3. The van der Waals surface area contributed by atoms with Crippen LogP contribution in [0.5, 0.6) is 5.75 Å². The Kier molecular flexibility index (Phi) is 11.3. The van der Waals surface area contributed by atoms with E-state index in [2.05, 4.69) is 5.32 Å². The van der Waals surface area contributed by atoms with Crippen LogP contribution in [0.2, 0.25) is 10.0 Å². The molecule has 1 atom stereocenters. The summed E-state index contributed by atoms with van der Waals surface area (Å²) in [6.07, 6.45) is 0.782. The summed E-state index contributed by atoms with van der Waals surface area (Å²) in [6.45, 7) is 4.80. The Morgan fingerprint density at radius 2 is 1.59 bits per heavy atom. The average molecular weight is 543 g/mol. The highest BCUT2D eigenvalue weighted by atomic mass is 35.5. The van der Waals surface area contributed by atoms with Gasteiger partial charge in [0.15, 0.2) is 6.61 Å². The molecule has 6 nitrogen and oxygen atoms in total. The number of hydrogen-bond acceptors (Lipinski definition) is 4. The second kappa shape index (κ2) is 14.6. The van der Waals surface area contributed by atoms with Crippen LogP contribution in [0.25, 0.3) is 0 Å². The fraction of sp³-hybridized carbons (Fsp3) is 0.310. The fourth-order valence-electron chi connectivity index (χ4n) is 3.70. The van der Waals surface area contributed by atoms with E-state index in [1.165, 1.54) is 4.90 Å². The van der Waals surface area contributed by atoms with Crippen molar-refractivity contribution in [2.45, 2.75) is 39.0 Å². The van der Waals surface area contributed by atoms with Gasteiger partial charge in [-0.05, 0) is 55.7 Å². The van der Waals surface area contributed by atoms with Crippen LogP contribution in [0.3, 0.4) is 0 Å². The quantitative estimate of drug-likeness (QED) is 0.266. The van der Waals surface area contributed by atoms with Crippen LogP contribution < -0.4 is 10.1 Å². The van der Waals surface area contributed by atoms with Crippen LogP contribution >= 0.6 is 23.2 Å². The van der Waals surface area contributed by atoms with E-state index in [1.807, 2.05) is 56.3 Å². The second-order valence-corrected chi connectivity index (χ2v) is 9.59. The number of rotatable bonds is 13. The van der Waals surface area contributed by atoms with Crippen molar-refractivity contribution in [1.29, 1.82) is 0 Å². The molecule has 0 fully saturated rings. The van der Waals surface area contributed by atoms with E-state index in [9.17, 15) is 9.59 Å². The zero-order valence-corrected chi connectivity index (χ0v) is 22.5. The van der Waals surface area contributed by atoms with Gasteiger partial charge in [-0.15, -0.1) is 0 Å². The normalized spacial score (nSPS) is 11.7. The number of hydrogen-bond donors (Lipinski definition) is 1. The first-order valence-electron chi connectivity index (χ1n) is 12.2. The van der Waals surface area contributed by atoms with Crippen molar-refractivity contribution in [3.8, 4) is 5.75 Å². The molecule has 196 valence electrons. The van der Waals surface area contributed by atoms with Gasteiger partial charge >= 0.3 is 0 Å². The second-order valence-electron chi connectivity index (χ2n) is 8.74. The average Bonchev–Trinajstić information content (AvgIpc) is 2.89. The lowest BCUT2D eigenvalue weighted by Crippen LogP contribution is -2.45. The molecular weight excluding hydrogens is 511 g/mol. The monoisotopic (exact) mass is 542 g/mol. The van der Waals surface area contributed by atoms with Gasteiger partial charge in [0, 0.05) is 24.7 Å². The summed E-state index contributed by atoms with van der Waals surface area (Å²) in [5.74, 6) is -0.243. The Labute approximate surface area is 228 Å².